The normalized spacial score (nSPS) is 8.54. The Morgan fingerprint density at radius 2 is 0.385 bits per heavy atom. The van der Waals surface area contributed by atoms with E-state index in [1.54, 1.807) is 0 Å². The minimum absolute atomic E-state index is 1.32. The van der Waals surface area contributed by atoms with Gasteiger partial charge in [0.05, 0.1) is 0 Å². The molecule has 0 amide bonds. The van der Waals surface area contributed by atoms with Crippen molar-refractivity contribution >= 4 is 0 Å². The van der Waals surface area contributed by atoms with Gasteiger partial charge in [0.2, 0.25) is 0 Å². The van der Waals surface area contributed by atoms with E-state index in [9.17, 15) is 0 Å². The van der Waals surface area contributed by atoms with Gasteiger partial charge < -0.3 is 0 Å². The molecular weight excluding hydrogens is 312 g/mol. The van der Waals surface area contributed by atoms with Gasteiger partial charge in [0.25, 0.3) is 0 Å². The van der Waals surface area contributed by atoms with Crippen LogP contribution in [0.25, 0.3) is 0 Å². The van der Waals surface area contributed by atoms with Crippen LogP contribution in [-0.2, 0) is 0 Å². The van der Waals surface area contributed by atoms with Crippen LogP contribution in [0.4, 0.5) is 0 Å². The zero-order valence-corrected chi connectivity index (χ0v) is 21.3. The van der Waals surface area contributed by atoms with Crippen LogP contribution in [-0.4, -0.2) is 0 Å². The average Bonchev–Trinajstić information content (AvgIpc) is 2.68. The average molecular weight is 375 g/mol. The van der Waals surface area contributed by atoms with E-state index < -0.39 is 0 Å². The first-order valence-electron chi connectivity index (χ1n) is 12.6. The highest BCUT2D eigenvalue weighted by molar-refractivity contribution is 4.36. The lowest BCUT2D eigenvalue weighted by atomic mass is 10.2. The summed E-state index contributed by atoms with van der Waals surface area (Å²) in [6, 6.07) is 0. The minimum atomic E-state index is 1.32. The molecule has 0 aromatic carbocycles. The second-order valence-corrected chi connectivity index (χ2v) is 7.12. The monoisotopic (exact) mass is 374 g/mol. The largest absolute Gasteiger partial charge is 0.0654 e. The summed E-state index contributed by atoms with van der Waals surface area (Å²) in [4.78, 5) is 0. The van der Waals surface area contributed by atoms with Crippen LogP contribution >= 0.6 is 0 Å². The molecule has 166 valence electrons. The maximum atomic E-state index is 2.25. The highest BCUT2D eigenvalue weighted by atomic mass is 13.9. The molecule has 0 fully saturated rings. The Balaban J connectivity index is -0.0000000720. The van der Waals surface area contributed by atoms with Crippen molar-refractivity contribution in [2.45, 2.75) is 172 Å². The van der Waals surface area contributed by atoms with E-state index in [1.807, 2.05) is 0 Å². The van der Waals surface area contributed by atoms with E-state index in [0.717, 1.165) is 0 Å². The van der Waals surface area contributed by atoms with E-state index in [2.05, 4.69) is 69.2 Å². The van der Waals surface area contributed by atoms with Crippen LogP contribution < -0.4 is 0 Å². The van der Waals surface area contributed by atoms with Crippen LogP contribution in [0.15, 0.2) is 0 Å². The van der Waals surface area contributed by atoms with Crippen molar-refractivity contribution in [2.75, 3.05) is 0 Å². The van der Waals surface area contributed by atoms with Crippen molar-refractivity contribution in [2.24, 2.45) is 0 Å². The summed E-state index contributed by atoms with van der Waals surface area (Å²) in [5.41, 5.74) is 0. The summed E-state index contributed by atoms with van der Waals surface area (Å²) in [6.45, 7) is 22.1. The van der Waals surface area contributed by atoms with Gasteiger partial charge in [0.1, 0.15) is 0 Å². The summed E-state index contributed by atoms with van der Waals surface area (Å²) < 4.78 is 0. The summed E-state index contributed by atoms with van der Waals surface area (Å²) in [5.74, 6) is 0. The maximum absolute atomic E-state index is 2.25. The van der Waals surface area contributed by atoms with Gasteiger partial charge in [0.15, 0.2) is 0 Å². The number of hydrogen-bond donors (Lipinski definition) is 0. The Kier molecular flexibility index (Phi) is 79.7. The van der Waals surface area contributed by atoms with Crippen molar-refractivity contribution in [1.82, 2.24) is 0 Å². The molecule has 0 N–H and O–H groups in total. The lowest BCUT2D eigenvalue weighted by Gasteiger charge is -1.90. The number of unbranched alkanes of at least 4 members (excludes halogenated alkanes) is 11. The first-order valence-corrected chi connectivity index (χ1v) is 12.6. The molecule has 0 unspecified atom stereocenters. The van der Waals surface area contributed by atoms with Crippen molar-refractivity contribution in [3.05, 3.63) is 0 Å². The highest BCUT2D eigenvalue weighted by Crippen LogP contribution is 2.00. The van der Waals surface area contributed by atoms with Gasteiger partial charge in [-0.15, -0.1) is 0 Å². The molecule has 0 aromatic rings. The highest BCUT2D eigenvalue weighted by Gasteiger charge is 1.80. The molecule has 0 spiro atoms. The van der Waals surface area contributed by atoms with Crippen molar-refractivity contribution in [1.29, 1.82) is 0 Å². The minimum Gasteiger partial charge on any atom is -0.0654 e. The maximum Gasteiger partial charge on any atom is -0.0533 e. The third-order valence-corrected chi connectivity index (χ3v) is 3.87. The second-order valence-electron chi connectivity index (χ2n) is 7.12. The van der Waals surface area contributed by atoms with Gasteiger partial charge in [-0.1, -0.05) is 172 Å². The molecule has 0 saturated carbocycles. The molecule has 26 heavy (non-hydrogen) atoms. The summed E-state index contributed by atoms with van der Waals surface area (Å²) in [6.07, 6.45) is 21.9. The number of rotatable bonds is 11. The van der Waals surface area contributed by atoms with Gasteiger partial charge in [-0.3, -0.25) is 0 Å². The smallest absolute Gasteiger partial charge is 0.0533 e. The fourth-order valence-corrected chi connectivity index (χ4v) is 1.53. The van der Waals surface area contributed by atoms with E-state index in [4.69, 9.17) is 0 Å². The standard InChI is InChI=1S/C7H16.C6H14.C5H12.2C4H10/c1-3-5-7-6-4-2;1-3-5-6-4-2;1-3-5-4-2;2*1-3-4-2/h3-7H2,1-2H3;3-6H2,1-2H3;3-5H2,1-2H3;2*3-4H2,1-2H3. The van der Waals surface area contributed by atoms with Crippen LogP contribution in [0.5, 0.6) is 0 Å². The third-order valence-electron chi connectivity index (χ3n) is 3.87. The van der Waals surface area contributed by atoms with Gasteiger partial charge >= 0.3 is 0 Å². The quantitative estimate of drug-likeness (QED) is 0.315. The molecule has 0 rings (SSSR count). The first-order chi connectivity index (χ1) is 12.6. The van der Waals surface area contributed by atoms with Crippen molar-refractivity contribution in [3.63, 3.8) is 0 Å². The van der Waals surface area contributed by atoms with Crippen LogP contribution in [0.3, 0.4) is 0 Å². The molecule has 0 nitrogen and oxygen atoms in total. The van der Waals surface area contributed by atoms with Crippen LogP contribution in [0.2, 0.25) is 0 Å². The molecule has 0 aliphatic rings. The Morgan fingerprint density at radius 3 is 0.500 bits per heavy atom. The van der Waals surface area contributed by atoms with Crippen molar-refractivity contribution in [3.8, 4) is 0 Å². The molecule has 0 heteroatoms. The molecule has 0 heterocycles. The van der Waals surface area contributed by atoms with Crippen LogP contribution in [0, 0.1) is 0 Å². The van der Waals surface area contributed by atoms with Crippen molar-refractivity contribution < 1.29 is 0 Å². The predicted octanol–water partition coefficient (Wildman–Crippen LogP) is 11.4. The molecule has 0 atom stereocenters. The van der Waals surface area contributed by atoms with E-state index >= 15 is 0 Å². The Morgan fingerprint density at radius 1 is 0.192 bits per heavy atom. The Labute approximate surface area is 172 Å². The summed E-state index contributed by atoms with van der Waals surface area (Å²) in [5, 5.41) is 0. The van der Waals surface area contributed by atoms with Crippen LogP contribution in [0.1, 0.15) is 172 Å². The Bertz CT molecular complexity index is 110. The topological polar surface area (TPSA) is 0 Å². The van der Waals surface area contributed by atoms with Gasteiger partial charge in [-0.05, 0) is 0 Å². The molecular formula is C26H62. The number of hydrogen-bond acceptors (Lipinski definition) is 0. The lowest BCUT2D eigenvalue weighted by molar-refractivity contribution is 0.656. The molecule has 0 radical (unpaired) electrons. The zero-order chi connectivity index (χ0) is 21.3. The fourth-order valence-electron chi connectivity index (χ4n) is 1.53. The fraction of sp³-hybridized carbons (Fsp3) is 1.00. The van der Waals surface area contributed by atoms with Gasteiger partial charge in [-0.25, -0.2) is 0 Å². The lowest BCUT2D eigenvalue weighted by Crippen LogP contribution is -1.70. The zero-order valence-electron chi connectivity index (χ0n) is 21.3. The molecule has 0 aromatic heterocycles. The molecule has 0 saturated heterocycles. The van der Waals surface area contributed by atoms with E-state index in [1.165, 1.54) is 103 Å². The summed E-state index contributed by atoms with van der Waals surface area (Å²) in [7, 11) is 0. The first kappa shape index (κ1) is 36.8. The molecule has 0 aliphatic carbocycles. The summed E-state index contributed by atoms with van der Waals surface area (Å²) >= 11 is 0. The molecule has 0 bridgehead atoms. The van der Waals surface area contributed by atoms with Gasteiger partial charge in [-0.2, -0.15) is 0 Å². The SMILES string of the molecule is CCCC.CCCC.CCCCC.CCCCCC.CCCCCCC. The predicted molar refractivity (Wildman–Crippen MR) is 131 cm³/mol. The second kappa shape index (κ2) is 56.2. The van der Waals surface area contributed by atoms with E-state index in [0.29, 0.717) is 0 Å². The van der Waals surface area contributed by atoms with Gasteiger partial charge in [0, 0.05) is 0 Å². The third kappa shape index (κ3) is 105. The van der Waals surface area contributed by atoms with E-state index in [-0.39, 0.29) is 0 Å². The Hall–Kier alpha value is 0. The molecule has 0 aliphatic heterocycles.